The van der Waals surface area contributed by atoms with Crippen molar-refractivity contribution in [1.82, 2.24) is 14.7 Å². The molecule has 3 fully saturated rings. The lowest BCUT2D eigenvalue weighted by molar-refractivity contribution is -0.0634. The summed E-state index contributed by atoms with van der Waals surface area (Å²) in [7, 11) is 2.23. The summed E-state index contributed by atoms with van der Waals surface area (Å²) >= 11 is 1.60. The minimum atomic E-state index is 0.212. The predicted molar refractivity (Wildman–Crippen MR) is 110 cm³/mol. The number of amides is 1. The Labute approximate surface area is 170 Å². The maximum absolute atomic E-state index is 12.9. The quantitative estimate of drug-likeness (QED) is 0.793. The third kappa shape index (κ3) is 3.02. The van der Waals surface area contributed by atoms with Gasteiger partial charge in [-0.15, -0.1) is 0 Å². The molecule has 0 aromatic carbocycles. The molecule has 28 heavy (non-hydrogen) atoms. The second-order valence-corrected chi connectivity index (χ2v) is 9.90. The minimum absolute atomic E-state index is 0.212. The number of fused-ring (bicyclic) bond motifs is 1. The lowest BCUT2D eigenvalue weighted by Gasteiger charge is -2.56. The summed E-state index contributed by atoms with van der Waals surface area (Å²) in [6.07, 6.45) is 5.22. The molecule has 2 spiro atoms. The molecule has 0 bridgehead atoms. The van der Waals surface area contributed by atoms with Crippen LogP contribution in [0.15, 0.2) is 39.6 Å². The summed E-state index contributed by atoms with van der Waals surface area (Å²) in [5, 5.41) is 3.97. The van der Waals surface area contributed by atoms with Gasteiger partial charge in [0.1, 0.15) is 5.76 Å². The van der Waals surface area contributed by atoms with Crippen LogP contribution in [0.4, 0.5) is 0 Å². The topological polar surface area (TPSA) is 39.9 Å². The second-order valence-electron chi connectivity index (χ2n) is 9.12. The first-order chi connectivity index (χ1) is 13.6. The first-order valence-electron chi connectivity index (χ1n) is 10.3. The van der Waals surface area contributed by atoms with Crippen LogP contribution in [-0.2, 0) is 6.54 Å². The molecule has 5 heterocycles. The van der Waals surface area contributed by atoms with Gasteiger partial charge >= 0.3 is 0 Å². The van der Waals surface area contributed by atoms with Crippen molar-refractivity contribution in [2.24, 2.45) is 10.8 Å². The van der Waals surface area contributed by atoms with Gasteiger partial charge in [0, 0.05) is 50.1 Å². The number of nitrogens with zero attached hydrogens (tertiary/aromatic N) is 3. The van der Waals surface area contributed by atoms with E-state index in [0.717, 1.165) is 56.9 Å². The van der Waals surface area contributed by atoms with E-state index in [2.05, 4.69) is 27.8 Å². The van der Waals surface area contributed by atoms with Gasteiger partial charge in [-0.2, -0.15) is 11.3 Å². The highest BCUT2D eigenvalue weighted by Crippen LogP contribution is 2.57. The number of thiophene rings is 1. The van der Waals surface area contributed by atoms with Crippen LogP contribution in [0.1, 0.15) is 35.4 Å². The summed E-state index contributed by atoms with van der Waals surface area (Å²) in [6.45, 7) is 7.31. The predicted octanol–water partition coefficient (Wildman–Crippen LogP) is 3.40. The van der Waals surface area contributed by atoms with E-state index in [0.29, 0.717) is 10.8 Å². The molecule has 5 nitrogen and oxygen atoms in total. The van der Waals surface area contributed by atoms with Crippen LogP contribution >= 0.6 is 11.3 Å². The van der Waals surface area contributed by atoms with Crippen molar-refractivity contribution in [3.05, 3.63) is 46.5 Å². The van der Waals surface area contributed by atoms with E-state index in [4.69, 9.17) is 4.42 Å². The fraction of sp³-hybridized carbons (Fsp3) is 0.591. The first-order valence-corrected chi connectivity index (χ1v) is 11.3. The Hall–Kier alpha value is -1.63. The molecule has 3 aliphatic heterocycles. The van der Waals surface area contributed by atoms with Crippen LogP contribution in [0, 0.1) is 10.8 Å². The average Bonchev–Trinajstić information content (AvgIpc) is 3.36. The second kappa shape index (κ2) is 7.01. The van der Waals surface area contributed by atoms with Gasteiger partial charge in [0.2, 0.25) is 0 Å². The van der Waals surface area contributed by atoms with Gasteiger partial charge in [0.25, 0.3) is 5.91 Å². The van der Waals surface area contributed by atoms with E-state index >= 15 is 0 Å². The highest BCUT2D eigenvalue weighted by molar-refractivity contribution is 7.08. The molecule has 0 aliphatic carbocycles. The zero-order chi connectivity index (χ0) is 19.2. The number of carbonyl (C=O) groups is 1. The Balaban J connectivity index is 1.34. The van der Waals surface area contributed by atoms with Crippen molar-refractivity contribution < 1.29 is 9.21 Å². The highest BCUT2D eigenvalue weighted by atomic mass is 32.1. The van der Waals surface area contributed by atoms with Crippen LogP contribution in [0.25, 0.3) is 0 Å². The number of carbonyl (C=O) groups excluding carboxylic acids is 1. The van der Waals surface area contributed by atoms with Crippen molar-refractivity contribution in [1.29, 1.82) is 0 Å². The largest absolute Gasteiger partial charge is 0.468 e. The molecule has 2 aromatic heterocycles. The van der Waals surface area contributed by atoms with Crippen LogP contribution in [0.3, 0.4) is 0 Å². The Morgan fingerprint density at radius 2 is 2.00 bits per heavy atom. The summed E-state index contributed by atoms with van der Waals surface area (Å²) < 4.78 is 5.62. The molecule has 3 saturated heterocycles. The molecular formula is C22H29N3O2S. The molecule has 0 radical (unpaired) electrons. The smallest absolute Gasteiger partial charge is 0.254 e. The number of rotatable bonds is 3. The lowest BCUT2D eigenvalue weighted by Crippen LogP contribution is -2.63. The molecule has 0 saturated carbocycles. The maximum atomic E-state index is 12.9. The van der Waals surface area contributed by atoms with Gasteiger partial charge in [-0.1, -0.05) is 0 Å². The van der Waals surface area contributed by atoms with Gasteiger partial charge in [-0.25, -0.2) is 0 Å². The molecule has 1 atom stereocenters. The normalized spacial score (nSPS) is 28.0. The van der Waals surface area contributed by atoms with Gasteiger partial charge in [0.15, 0.2) is 0 Å². The zero-order valence-corrected chi connectivity index (χ0v) is 17.4. The van der Waals surface area contributed by atoms with Gasteiger partial charge in [-0.3, -0.25) is 9.69 Å². The molecule has 0 N–H and O–H groups in total. The van der Waals surface area contributed by atoms with E-state index in [-0.39, 0.29) is 5.91 Å². The van der Waals surface area contributed by atoms with Crippen molar-refractivity contribution in [3.63, 3.8) is 0 Å². The third-order valence-electron chi connectivity index (χ3n) is 7.28. The van der Waals surface area contributed by atoms with Gasteiger partial charge in [-0.05, 0) is 55.3 Å². The van der Waals surface area contributed by atoms with Crippen LogP contribution < -0.4 is 0 Å². The number of furan rings is 1. The third-order valence-corrected chi connectivity index (χ3v) is 7.96. The van der Waals surface area contributed by atoms with Crippen LogP contribution in [0.5, 0.6) is 0 Å². The number of likely N-dealkylation sites (tertiary alicyclic amines) is 3. The Morgan fingerprint density at radius 1 is 1.14 bits per heavy atom. The molecule has 6 heteroatoms. The highest BCUT2D eigenvalue weighted by Gasteiger charge is 2.61. The number of hydrogen-bond acceptors (Lipinski definition) is 5. The summed E-state index contributed by atoms with van der Waals surface area (Å²) in [4.78, 5) is 20.0. The zero-order valence-electron chi connectivity index (χ0n) is 16.6. The van der Waals surface area contributed by atoms with Crippen molar-refractivity contribution in [3.8, 4) is 0 Å². The van der Waals surface area contributed by atoms with Crippen LogP contribution in [0.2, 0.25) is 0 Å². The Kier molecular flexibility index (Phi) is 4.61. The maximum Gasteiger partial charge on any atom is 0.254 e. The fourth-order valence-corrected chi connectivity index (χ4v) is 6.69. The van der Waals surface area contributed by atoms with Crippen molar-refractivity contribution in [2.45, 2.75) is 25.8 Å². The lowest BCUT2D eigenvalue weighted by atomic mass is 9.58. The van der Waals surface area contributed by atoms with Crippen molar-refractivity contribution >= 4 is 17.2 Å². The van der Waals surface area contributed by atoms with Gasteiger partial charge < -0.3 is 14.2 Å². The Morgan fingerprint density at radius 3 is 2.71 bits per heavy atom. The average molecular weight is 400 g/mol. The molecule has 0 unspecified atom stereocenters. The monoisotopic (exact) mass is 399 g/mol. The molecular weight excluding hydrogens is 370 g/mol. The number of hydrogen-bond donors (Lipinski definition) is 0. The van der Waals surface area contributed by atoms with E-state index in [1.165, 1.54) is 19.5 Å². The van der Waals surface area contributed by atoms with E-state index in [1.54, 1.807) is 17.6 Å². The van der Waals surface area contributed by atoms with Crippen molar-refractivity contribution in [2.75, 3.05) is 46.3 Å². The molecule has 150 valence electrons. The van der Waals surface area contributed by atoms with E-state index in [9.17, 15) is 4.79 Å². The summed E-state index contributed by atoms with van der Waals surface area (Å²) in [5.74, 6) is 1.27. The molecule has 1 amide bonds. The molecule has 5 rings (SSSR count). The minimum Gasteiger partial charge on any atom is -0.468 e. The molecule has 2 aromatic rings. The summed E-state index contributed by atoms with van der Waals surface area (Å²) in [6, 6.07) is 6.02. The SMILES string of the molecule is CN1CC2(C1)CN(Cc1ccco1)C[C@@]21CCCN(C(=O)c2ccsc2)CC1. The Bertz CT molecular complexity index is 813. The van der Waals surface area contributed by atoms with E-state index in [1.807, 2.05) is 22.9 Å². The standard InChI is InChI=1S/C22H29N3O2S/c1-23-14-22(15-23)17-24(12-19-4-2-10-27-19)16-21(22)6-3-8-25(9-7-21)20(26)18-5-11-28-13-18/h2,4-5,10-11,13H,3,6-9,12,14-17H2,1H3/t21-/m0/s1. The fourth-order valence-electron chi connectivity index (χ4n) is 6.06. The first kappa shape index (κ1) is 18.4. The summed E-state index contributed by atoms with van der Waals surface area (Å²) in [5.41, 5.74) is 1.54. The van der Waals surface area contributed by atoms with Crippen LogP contribution in [-0.4, -0.2) is 66.9 Å². The van der Waals surface area contributed by atoms with E-state index < -0.39 is 0 Å². The molecule has 3 aliphatic rings. The van der Waals surface area contributed by atoms with Gasteiger partial charge in [0.05, 0.1) is 18.4 Å².